The molecule has 0 aliphatic heterocycles. The number of hydrogen-bond acceptors (Lipinski definition) is 2. The van der Waals surface area contributed by atoms with Gasteiger partial charge in [-0.05, 0) is 31.8 Å². The molecule has 0 saturated carbocycles. The fourth-order valence-corrected chi connectivity index (χ4v) is 1.29. The maximum absolute atomic E-state index is 11.2. The van der Waals surface area contributed by atoms with Crippen molar-refractivity contribution in [1.29, 1.82) is 0 Å². The normalized spacial score (nSPS) is 14.1. The Labute approximate surface area is 85.6 Å². The average Bonchev–Trinajstić information content (AvgIpc) is 2.11. The molecular weight excluding hydrogens is 176 g/mol. The van der Waals surface area contributed by atoms with Crippen LogP contribution in [0.4, 0.5) is 0 Å². The lowest BCUT2D eigenvalue weighted by Gasteiger charge is -2.13. The first-order valence-electron chi connectivity index (χ1n) is 5.33. The molecule has 2 nitrogen and oxygen atoms in total. The van der Waals surface area contributed by atoms with Crippen LogP contribution in [0.5, 0.6) is 0 Å². The van der Waals surface area contributed by atoms with E-state index in [1.807, 2.05) is 12.2 Å². The van der Waals surface area contributed by atoms with Crippen LogP contribution in [-0.4, -0.2) is 5.97 Å². The molecule has 0 aromatic carbocycles. The van der Waals surface area contributed by atoms with Crippen LogP contribution in [0.25, 0.3) is 0 Å². The molecule has 0 amide bonds. The van der Waals surface area contributed by atoms with Gasteiger partial charge >= 0.3 is 5.97 Å². The molecule has 0 heterocycles. The number of rotatable bonds is 7. The van der Waals surface area contributed by atoms with E-state index >= 15 is 0 Å². The fraction of sp³-hybridized carbons (Fsp3) is 0.583. The van der Waals surface area contributed by atoms with Gasteiger partial charge < -0.3 is 4.74 Å². The van der Waals surface area contributed by atoms with Crippen molar-refractivity contribution in [1.82, 2.24) is 0 Å². The van der Waals surface area contributed by atoms with Crippen molar-refractivity contribution < 1.29 is 9.53 Å². The van der Waals surface area contributed by atoms with Crippen molar-refractivity contribution in [3.05, 3.63) is 24.5 Å². The Morgan fingerprint density at radius 2 is 2.29 bits per heavy atom. The summed E-state index contributed by atoms with van der Waals surface area (Å²) >= 11 is 0. The minimum Gasteiger partial charge on any atom is -0.431 e. The first kappa shape index (κ1) is 11.0. The van der Waals surface area contributed by atoms with Gasteiger partial charge in [0, 0.05) is 12.8 Å². The van der Waals surface area contributed by atoms with Crippen molar-refractivity contribution in [2.75, 3.05) is 0 Å². The van der Waals surface area contributed by atoms with Gasteiger partial charge in [0.1, 0.15) is 5.76 Å². The van der Waals surface area contributed by atoms with E-state index in [0.717, 1.165) is 44.3 Å². The van der Waals surface area contributed by atoms with Gasteiger partial charge in [-0.25, -0.2) is 0 Å². The lowest BCUT2D eigenvalue weighted by Crippen LogP contribution is -2.07. The Balaban J connectivity index is 1.95. The Kier molecular flexibility index (Phi) is 5.05. The van der Waals surface area contributed by atoms with Crippen LogP contribution in [0.3, 0.4) is 0 Å². The molecule has 0 bridgehead atoms. The summed E-state index contributed by atoms with van der Waals surface area (Å²) in [4.78, 5) is 11.2. The van der Waals surface area contributed by atoms with E-state index < -0.39 is 0 Å². The van der Waals surface area contributed by atoms with E-state index in [1.54, 1.807) is 0 Å². The summed E-state index contributed by atoms with van der Waals surface area (Å²) in [6.07, 6.45) is 10.6. The molecule has 0 atom stereocenters. The number of hydrogen-bond donors (Lipinski definition) is 0. The molecule has 1 aliphatic rings. The second kappa shape index (κ2) is 6.41. The van der Waals surface area contributed by atoms with Crippen LogP contribution in [0.2, 0.25) is 0 Å². The van der Waals surface area contributed by atoms with Crippen LogP contribution in [0.15, 0.2) is 24.5 Å². The molecule has 1 rings (SSSR count). The van der Waals surface area contributed by atoms with Crippen LogP contribution < -0.4 is 0 Å². The second-order valence-electron chi connectivity index (χ2n) is 3.57. The standard InChI is InChI=1S/C12H18O2/c1-2-3-4-5-6-10-12(13)14-11-8-7-9-11/h2,8H,1,3-7,9-10H2. The summed E-state index contributed by atoms with van der Waals surface area (Å²) in [7, 11) is 0. The van der Waals surface area contributed by atoms with Gasteiger partial charge in [0.2, 0.25) is 0 Å². The predicted octanol–water partition coefficient (Wildman–Crippen LogP) is 3.34. The molecule has 0 fully saturated rings. The molecule has 2 heteroatoms. The summed E-state index contributed by atoms with van der Waals surface area (Å²) in [6.45, 7) is 3.65. The topological polar surface area (TPSA) is 26.3 Å². The van der Waals surface area contributed by atoms with Crippen molar-refractivity contribution in [3.63, 3.8) is 0 Å². The number of unbranched alkanes of at least 4 members (excludes halogenated alkanes) is 3. The Morgan fingerprint density at radius 3 is 2.86 bits per heavy atom. The van der Waals surface area contributed by atoms with E-state index in [9.17, 15) is 4.79 Å². The minimum atomic E-state index is -0.0745. The highest BCUT2D eigenvalue weighted by atomic mass is 16.5. The average molecular weight is 194 g/mol. The third-order valence-electron chi connectivity index (χ3n) is 2.30. The van der Waals surface area contributed by atoms with Crippen molar-refractivity contribution >= 4 is 5.97 Å². The summed E-state index contributed by atoms with van der Waals surface area (Å²) in [5.74, 6) is 0.788. The number of carbonyl (C=O) groups excluding carboxylic acids is 1. The number of esters is 1. The van der Waals surface area contributed by atoms with Gasteiger partial charge in [0.25, 0.3) is 0 Å². The minimum absolute atomic E-state index is 0.0745. The molecule has 0 radical (unpaired) electrons. The van der Waals surface area contributed by atoms with Gasteiger partial charge in [-0.3, -0.25) is 4.79 Å². The molecule has 78 valence electrons. The molecule has 14 heavy (non-hydrogen) atoms. The zero-order valence-electron chi connectivity index (χ0n) is 8.63. The molecule has 0 unspecified atom stereocenters. The molecule has 0 spiro atoms. The Hall–Kier alpha value is -1.05. The largest absolute Gasteiger partial charge is 0.431 e. The van der Waals surface area contributed by atoms with Crippen LogP contribution >= 0.6 is 0 Å². The molecule has 1 aliphatic carbocycles. The number of carbonyl (C=O) groups is 1. The summed E-state index contributed by atoms with van der Waals surface area (Å²) in [6, 6.07) is 0. The second-order valence-corrected chi connectivity index (χ2v) is 3.57. The van der Waals surface area contributed by atoms with Gasteiger partial charge in [0.05, 0.1) is 0 Å². The highest BCUT2D eigenvalue weighted by molar-refractivity contribution is 5.70. The lowest BCUT2D eigenvalue weighted by atomic mass is 10.1. The SMILES string of the molecule is C=CCCCCCC(=O)OC1=CCC1. The highest BCUT2D eigenvalue weighted by Crippen LogP contribution is 2.19. The number of ether oxygens (including phenoxy) is 1. The lowest BCUT2D eigenvalue weighted by molar-refractivity contribution is -0.140. The van der Waals surface area contributed by atoms with E-state index in [-0.39, 0.29) is 5.97 Å². The quantitative estimate of drug-likeness (QED) is 0.353. The van der Waals surface area contributed by atoms with Crippen molar-refractivity contribution in [2.24, 2.45) is 0 Å². The van der Waals surface area contributed by atoms with Crippen LogP contribution in [0, 0.1) is 0 Å². The van der Waals surface area contributed by atoms with E-state index in [1.165, 1.54) is 0 Å². The van der Waals surface area contributed by atoms with E-state index in [2.05, 4.69) is 6.58 Å². The zero-order chi connectivity index (χ0) is 10.2. The van der Waals surface area contributed by atoms with Gasteiger partial charge in [0.15, 0.2) is 0 Å². The molecule has 0 aromatic heterocycles. The molecule has 0 N–H and O–H groups in total. The maximum atomic E-state index is 11.2. The maximum Gasteiger partial charge on any atom is 0.310 e. The number of allylic oxidation sites excluding steroid dienone is 3. The Bertz CT molecular complexity index is 228. The van der Waals surface area contributed by atoms with Crippen molar-refractivity contribution in [3.8, 4) is 0 Å². The van der Waals surface area contributed by atoms with E-state index in [4.69, 9.17) is 4.74 Å². The van der Waals surface area contributed by atoms with Gasteiger partial charge in [-0.1, -0.05) is 12.5 Å². The molecular formula is C12H18O2. The fourth-order valence-electron chi connectivity index (χ4n) is 1.29. The monoisotopic (exact) mass is 194 g/mol. The third kappa shape index (κ3) is 4.26. The van der Waals surface area contributed by atoms with Gasteiger partial charge in [-0.15, -0.1) is 6.58 Å². The van der Waals surface area contributed by atoms with Crippen LogP contribution in [-0.2, 0) is 9.53 Å². The smallest absolute Gasteiger partial charge is 0.310 e. The molecule has 0 aromatic rings. The highest BCUT2D eigenvalue weighted by Gasteiger charge is 2.11. The first-order chi connectivity index (χ1) is 6.83. The molecule has 0 saturated heterocycles. The third-order valence-corrected chi connectivity index (χ3v) is 2.30. The van der Waals surface area contributed by atoms with E-state index in [0.29, 0.717) is 6.42 Å². The zero-order valence-corrected chi connectivity index (χ0v) is 8.63. The first-order valence-corrected chi connectivity index (χ1v) is 5.33. The summed E-state index contributed by atoms with van der Waals surface area (Å²) in [5, 5.41) is 0. The Morgan fingerprint density at radius 1 is 1.50 bits per heavy atom. The van der Waals surface area contributed by atoms with Crippen LogP contribution in [0.1, 0.15) is 44.9 Å². The predicted molar refractivity (Wildman–Crippen MR) is 56.7 cm³/mol. The van der Waals surface area contributed by atoms with Gasteiger partial charge in [-0.2, -0.15) is 0 Å². The summed E-state index contributed by atoms with van der Waals surface area (Å²) in [5.41, 5.74) is 0. The van der Waals surface area contributed by atoms with Crippen molar-refractivity contribution in [2.45, 2.75) is 44.9 Å². The summed E-state index contributed by atoms with van der Waals surface area (Å²) < 4.78 is 5.09.